The highest BCUT2D eigenvalue weighted by molar-refractivity contribution is 5.95. The van der Waals surface area contributed by atoms with Crippen LogP contribution in [0, 0.1) is 0 Å². The topological polar surface area (TPSA) is 28.7 Å². The molecule has 0 fully saturated rings. The molecule has 1 aromatic heterocycles. The van der Waals surface area contributed by atoms with Gasteiger partial charge in [0, 0.05) is 17.7 Å². The average Bonchev–Trinajstić information content (AvgIpc) is 3.16. The Kier molecular flexibility index (Phi) is 3.53. The highest BCUT2D eigenvalue weighted by Gasteiger charge is 2.09. The van der Waals surface area contributed by atoms with E-state index in [0.717, 1.165) is 17.8 Å². The third-order valence-corrected chi connectivity index (χ3v) is 4.96. The van der Waals surface area contributed by atoms with Crippen LogP contribution in [0.25, 0.3) is 32.8 Å². The Labute approximate surface area is 152 Å². The van der Waals surface area contributed by atoms with Gasteiger partial charge in [0.05, 0.1) is 5.69 Å². The van der Waals surface area contributed by atoms with Crippen molar-refractivity contribution < 1.29 is 0 Å². The number of aromatic amines is 1. The smallest absolute Gasteiger partial charge is 0.0929 e. The molecule has 0 radical (unpaired) electrons. The second kappa shape index (κ2) is 6.16. The summed E-state index contributed by atoms with van der Waals surface area (Å²) in [6, 6.07) is 32.0. The second-order valence-corrected chi connectivity index (χ2v) is 6.62. The lowest BCUT2D eigenvalue weighted by Gasteiger charge is -2.05. The number of aromatic nitrogens is 2. The maximum Gasteiger partial charge on any atom is 0.0929 e. The summed E-state index contributed by atoms with van der Waals surface area (Å²) >= 11 is 0. The van der Waals surface area contributed by atoms with Crippen LogP contribution < -0.4 is 0 Å². The maximum absolute atomic E-state index is 4.59. The Morgan fingerprint density at radius 2 is 1.31 bits per heavy atom. The van der Waals surface area contributed by atoms with Gasteiger partial charge in [0.25, 0.3) is 0 Å². The van der Waals surface area contributed by atoms with Crippen LogP contribution in [0.2, 0.25) is 0 Å². The number of nitrogens with zero attached hydrogens (tertiary/aromatic N) is 1. The average molecular weight is 334 g/mol. The molecule has 0 bridgehead atoms. The van der Waals surface area contributed by atoms with Crippen molar-refractivity contribution in [2.24, 2.45) is 0 Å². The predicted molar refractivity (Wildman–Crippen MR) is 108 cm³/mol. The van der Waals surface area contributed by atoms with Gasteiger partial charge in [-0.25, -0.2) is 0 Å². The van der Waals surface area contributed by atoms with Crippen LogP contribution in [-0.4, -0.2) is 10.2 Å². The molecule has 0 amide bonds. The van der Waals surface area contributed by atoms with Gasteiger partial charge in [-0.3, -0.25) is 5.10 Å². The molecule has 4 aromatic carbocycles. The molecule has 0 aliphatic rings. The minimum absolute atomic E-state index is 0.846. The van der Waals surface area contributed by atoms with E-state index in [0.29, 0.717) is 0 Å². The highest BCUT2D eigenvalue weighted by Crippen LogP contribution is 2.28. The molecule has 1 heterocycles. The van der Waals surface area contributed by atoms with Gasteiger partial charge in [0.15, 0.2) is 0 Å². The highest BCUT2D eigenvalue weighted by atomic mass is 15.1. The Hall–Kier alpha value is -3.39. The number of hydrogen-bond donors (Lipinski definition) is 1. The molecule has 0 atom stereocenters. The van der Waals surface area contributed by atoms with Gasteiger partial charge in [-0.15, -0.1) is 0 Å². The molecule has 1 N–H and O–H groups in total. The van der Waals surface area contributed by atoms with E-state index < -0.39 is 0 Å². The molecule has 26 heavy (non-hydrogen) atoms. The lowest BCUT2D eigenvalue weighted by Crippen LogP contribution is -1.90. The van der Waals surface area contributed by atoms with Crippen LogP contribution in [0.15, 0.2) is 91.0 Å². The summed E-state index contributed by atoms with van der Waals surface area (Å²) in [5.41, 5.74) is 4.61. The van der Waals surface area contributed by atoms with Crippen molar-refractivity contribution in [1.82, 2.24) is 10.2 Å². The number of rotatable bonds is 3. The SMILES string of the molecule is c1ccc2c(Cc3cc(-c4cccc5ccccc45)n[nH]3)cccc2c1. The molecule has 0 saturated carbocycles. The Bertz CT molecular complexity index is 1210. The minimum Gasteiger partial charge on any atom is -0.282 e. The van der Waals surface area contributed by atoms with Crippen LogP contribution in [-0.2, 0) is 6.42 Å². The second-order valence-electron chi connectivity index (χ2n) is 6.62. The van der Waals surface area contributed by atoms with Crippen molar-refractivity contribution in [3.05, 3.63) is 102 Å². The van der Waals surface area contributed by atoms with E-state index in [1.54, 1.807) is 0 Å². The van der Waals surface area contributed by atoms with Crippen LogP contribution in [0.1, 0.15) is 11.3 Å². The zero-order valence-corrected chi connectivity index (χ0v) is 14.3. The van der Waals surface area contributed by atoms with E-state index in [2.05, 4.69) is 101 Å². The molecule has 0 saturated heterocycles. The van der Waals surface area contributed by atoms with E-state index in [9.17, 15) is 0 Å². The normalized spacial score (nSPS) is 11.2. The van der Waals surface area contributed by atoms with Crippen molar-refractivity contribution in [3.8, 4) is 11.3 Å². The molecule has 2 nitrogen and oxygen atoms in total. The van der Waals surface area contributed by atoms with Crippen molar-refractivity contribution in [2.45, 2.75) is 6.42 Å². The first-order valence-corrected chi connectivity index (χ1v) is 8.87. The fraction of sp³-hybridized carbons (Fsp3) is 0.0417. The van der Waals surface area contributed by atoms with E-state index in [4.69, 9.17) is 0 Å². The molecule has 5 rings (SSSR count). The van der Waals surface area contributed by atoms with Crippen molar-refractivity contribution in [3.63, 3.8) is 0 Å². The number of benzene rings is 4. The Morgan fingerprint density at radius 3 is 2.15 bits per heavy atom. The van der Waals surface area contributed by atoms with Gasteiger partial charge in [-0.05, 0) is 33.2 Å². The molecule has 124 valence electrons. The number of fused-ring (bicyclic) bond motifs is 2. The van der Waals surface area contributed by atoms with Gasteiger partial charge >= 0.3 is 0 Å². The molecular weight excluding hydrogens is 316 g/mol. The summed E-state index contributed by atoms with van der Waals surface area (Å²) in [5.74, 6) is 0. The first-order chi connectivity index (χ1) is 12.9. The third-order valence-electron chi connectivity index (χ3n) is 4.96. The maximum atomic E-state index is 4.59. The van der Waals surface area contributed by atoms with Crippen LogP contribution in [0.4, 0.5) is 0 Å². The molecule has 0 unspecified atom stereocenters. The van der Waals surface area contributed by atoms with Crippen molar-refractivity contribution >= 4 is 21.5 Å². The zero-order chi connectivity index (χ0) is 17.3. The predicted octanol–water partition coefficient (Wildman–Crippen LogP) is 5.97. The van der Waals surface area contributed by atoms with Crippen molar-refractivity contribution in [1.29, 1.82) is 0 Å². The largest absolute Gasteiger partial charge is 0.282 e. The van der Waals surface area contributed by atoms with Crippen LogP contribution in [0.3, 0.4) is 0 Å². The molecule has 0 aliphatic carbocycles. The summed E-state index contributed by atoms with van der Waals surface area (Å²) in [4.78, 5) is 0. The van der Waals surface area contributed by atoms with Gasteiger partial charge in [0.1, 0.15) is 0 Å². The number of nitrogens with one attached hydrogen (secondary N) is 1. The van der Waals surface area contributed by atoms with E-state index >= 15 is 0 Å². The fourth-order valence-electron chi connectivity index (χ4n) is 3.69. The van der Waals surface area contributed by atoms with E-state index in [1.165, 1.54) is 32.7 Å². The van der Waals surface area contributed by atoms with Crippen molar-refractivity contribution in [2.75, 3.05) is 0 Å². The monoisotopic (exact) mass is 334 g/mol. The zero-order valence-electron chi connectivity index (χ0n) is 14.3. The van der Waals surface area contributed by atoms with Gasteiger partial charge in [0.2, 0.25) is 0 Å². The summed E-state index contributed by atoms with van der Waals surface area (Å²) < 4.78 is 0. The molecule has 0 aliphatic heterocycles. The van der Waals surface area contributed by atoms with Gasteiger partial charge in [-0.2, -0.15) is 5.10 Å². The van der Waals surface area contributed by atoms with Gasteiger partial charge in [-0.1, -0.05) is 84.9 Å². The van der Waals surface area contributed by atoms with Crippen LogP contribution in [0.5, 0.6) is 0 Å². The summed E-state index contributed by atoms with van der Waals surface area (Å²) in [7, 11) is 0. The summed E-state index contributed by atoms with van der Waals surface area (Å²) in [5, 5.41) is 12.9. The van der Waals surface area contributed by atoms with E-state index in [1.807, 2.05) is 0 Å². The first-order valence-electron chi connectivity index (χ1n) is 8.87. The van der Waals surface area contributed by atoms with E-state index in [-0.39, 0.29) is 0 Å². The molecule has 2 heteroatoms. The fourth-order valence-corrected chi connectivity index (χ4v) is 3.69. The first kappa shape index (κ1) is 14.9. The minimum atomic E-state index is 0.846. The molecular formula is C24H18N2. The van der Waals surface area contributed by atoms with Crippen LogP contribution >= 0.6 is 0 Å². The van der Waals surface area contributed by atoms with Gasteiger partial charge < -0.3 is 0 Å². The number of hydrogen-bond acceptors (Lipinski definition) is 1. The molecule has 0 spiro atoms. The standard InChI is InChI=1S/C24H18N2/c1-3-12-21-17(7-1)9-5-11-19(21)15-20-16-24(26-25-20)23-14-6-10-18-8-2-4-13-22(18)23/h1-14,16H,15H2,(H,25,26). The Morgan fingerprint density at radius 1 is 0.654 bits per heavy atom. The number of H-pyrrole nitrogens is 1. The lowest BCUT2D eigenvalue weighted by molar-refractivity contribution is 1.00. The summed E-state index contributed by atoms with van der Waals surface area (Å²) in [6.45, 7) is 0. The third kappa shape index (κ3) is 2.56. The molecule has 5 aromatic rings. The quantitative estimate of drug-likeness (QED) is 0.432. The summed E-state index contributed by atoms with van der Waals surface area (Å²) in [6.07, 6.45) is 0.846. The lowest BCUT2D eigenvalue weighted by atomic mass is 9.99. The Balaban J connectivity index is 1.54.